The summed E-state index contributed by atoms with van der Waals surface area (Å²) in [7, 11) is 0. The molecule has 0 heterocycles. The third-order valence-electron chi connectivity index (χ3n) is 1.76. The Bertz CT molecular complexity index is 281. The first-order valence-corrected chi connectivity index (χ1v) is 4.61. The lowest BCUT2D eigenvalue weighted by Crippen LogP contribution is -1.86. The van der Waals surface area contributed by atoms with E-state index in [1.165, 1.54) is 5.56 Å². The summed E-state index contributed by atoms with van der Waals surface area (Å²) in [6.07, 6.45) is 2.79. The first-order valence-electron chi connectivity index (χ1n) is 4.61. The largest absolute Gasteiger partial charge is 0.396 e. The van der Waals surface area contributed by atoms with Gasteiger partial charge in [0.1, 0.15) is 6.61 Å². The molecule has 2 nitrogen and oxygen atoms in total. The molecule has 0 amide bonds. The van der Waals surface area contributed by atoms with Gasteiger partial charge in [-0.25, -0.2) is 0 Å². The van der Waals surface area contributed by atoms with E-state index in [0.717, 1.165) is 12.0 Å². The monoisotopic (exact) mass is 177 g/mol. The number of nitrogens with zero attached hydrogens (tertiary/aromatic N) is 1. The second kappa shape index (κ2) is 5.36. The van der Waals surface area contributed by atoms with Crippen LogP contribution in [0.25, 0.3) is 0 Å². The summed E-state index contributed by atoms with van der Waals surface area (Å²) >= 11 is 0. The standard InChI is InChI=1S/C11H15NO/c1-3-10-6-5-7-11(8-10)9-12-13-4-2/h5-9H,3-4H2,1-2H3/b12-9+. The van der Waals surface area contributed by atoms with Crippen molar-refractivity contribution < 1.29 is 4.84 Å². The number of hydrogen-bond donors (Lipinski definition) is 0. The fourth-order valence-corrected chi connectivity index (χ4v) is 1.07. The Morgan fingerprint density at radius 1 is 1.38 bits per heavy atom. The zero-order valence-electron chi connectivity index (χ0n) is 8.16. The predicted molar refractivity (Wildman–Crippen MR) is 55.0 cm³/mol. The molecule has 13 heavy (non-hydrogen) atoms. The van der Waals surface area contributed by atoms with Gasteiger partial charge in [0.25, 0.3) is 0 Å². The van der Waals surface area contributed by atoms with E-state index in [-0.39, 0.29) is 0 Å². The highest BCUT2D eigenvalue weighted by molar-refractivity contribution is 5.79. The van der Waals surface area contributed by atoms with Crippen molar-refractivity contribution in [3.63, 3.8) is 0 Å². The van der Waals surface area contributed by atoms with E-state index in [2.05, 4.69) is 24.2 Å². The van der Waals surface area contributed by atoms with Gasteiger partial charge in [-0.2, -0.15) is 0 Å². The minimum absolute atomic E-state index is 0.615. The normalized spacial score (nSPS) is 10.6. The number of oxime groups is 1. The molecule has 0 radical (unpaired) electrons. The van der Waals surface area contributed by atoms with Crippen LogP contribution >= 0.6 is 0 Å². The molecule has 70 valence electrons. The Morgan fingerprint density at radius 2 is 2.23 bits per heavy atom. The van der Waals surface area contributed by atoms with Gasteiger partial charge in [0.05, 0.1) is 6.21 Å². The van der Waals surface area contributed by atoms with Crippen molar-refractivity contribution in [2.75, 3.05) is 6.61 Å². The van der Waals surface area contributed by atoms with Crippen molar-refractivity contribution in [3.8, 4) is 0 Å². The van der Waals surface area contributed by atoms with Crippen molar-refractivity contribution in [1.29, 1.82) is 0 Å². The molecular weight excluding hydrogens is 162 g/mol. The van der Waals surface area contributed by atoms with E-state index in [9.17, 15) is 0 Å². The molecule has 0 fully saturated rings. The van der Waals surface area contributed by atoms with Crippen LogP contribution in [0.4, 0.5) is 0 Å². The van der Waals surface area contributed by atoms with Crippen LogP contribution in [-0.2, 0) is 11.3 Å². The molecule has 2 heteroatoms. The molecule has 1 rings (SSSR count). The van der Waals surface area contributed by atoms with Crippen LogP contribution in [0.1, 0.15) is 25.0 Å². The molecule has 0 aromatic heterocycles. The molecule has 0 bridgehead atoms. The van der Waals surface area contributed by atoms with E-state index in [0.29, 0.717) is 6.61 Å². The Labute approximate surface area is 79.2 Å². The van der Waals surface area contributed by atoms with E-state index in [4.69, 9.17) is 4.84 Å². The van der Waals surface area contributed by atoms with Gasteiger partial charge in [-0.15, -0.1) is 0 Å². The maximum absolute atomic E-state index is 4.88. The fraction of sp³-hybridized carbons (Fsp3) is 0.364. The third-order valence-corrected chi connectivity index (χ3v) is 1.76. The van der Waals surface area contributed by atoms with Crippen molar-refractivity contribution in [2.24, 2.45) is 5.16 Å². The van der Waals surface area contributed by atoms with Gasteiger partial charge in [-0.05, 0) is 24.5 Å². The summed E-state index contributed by atoms with van der Waals surface area (Å²) < 4.78 is 0. The van der Waals surface area contributed by atoms with Gasteiger partial charge in [0.2, 0.25) is 0 Å². The molecule has 0 unspecified atom stereocenters. The van der Waals surface area contributed by atoms with Crippen LogP contribution in [-0.4, -0.2) is 12.8 Å². The van der Waals surface area contributed by atoms with E-state index < -0.39 is 0 Å². The van der Waals surface area contributed by atoms with Crippen LogP contribution in [0, 0.1) is 0 Å². The van der Waals surface area contributed by atoms with Gasteiger partial charge in [0, 0.05) is 0 Å². The van der Waals surface area contributed by atoms with Crippen molar-refractivity contribution in [2.45, 2.75) is 20.3 Å². The van der Waals surface area contributed by atoms with E-state index in [1.54, 1.807) is 6.21 Å². The summed E-state index contributed by atoms with van der Waals surface area (Å²) in [4.78, 5) is 4.88. The molecule has 0 N–H and O–H groups in total. The molecule has 0 saturated carbocycles. The molecular formula is C11H15NO. The molecule has 0 aliphatic carbocycles. The molecule has 0 atom stereocenters. The quantitative estimate of drug-likeness (QED) is 0.511. The van der Waals surface area contributed by atoms with Gasteiger partial charge < -0.3 is 4.84 Å². The lowest BCUT2D eigenvalue weighted by atomic mass is 10.1. The third kappa shape index (κ3) is 3.28. The van der Waals surface area contributed by atoms with Gasteiger partial charge in [-0.3, -0.25) is 0 Å². The lowest BCUT2D eigenvalue weighted by molar-refractivity contribution is 0.160. The SMILES string of the molecule is CCO/N=C/c1cccc(CC)c1. The Hall–Kier alpha value is -1.31. The van der Waals surface area contributed by atoms with Crippen LogP contribution < -0.4 is 0 Å². The smallest absolute Gasteiger partial charge is 0.114 e. The summed E-state index contributed by atoms with van der Waals surface area (Å²) in [5.74, 6) is 0. The Morgan fingerprint density at radius 3 is 2.92 bits per heavy atom. The van der Waals surface area contributed by atoms with Crippen LogP contribution in [0.3, 0.4) is 0 Å². The average molecular weight is 177 g/mol. The molecule has 0 aliphatic heterocycles. The predicted octanol–water partition coefficient (Wildman–Crippen LogP) is 2.62. The molecule has 0 aliphatic rings. The van der Waals surface area contributed by atoms with Gasteiger partial charge in [0.15, 0.2) is 0 Å². The number of aryl methyl sites for hydroxylation is 1. The number of hydrogen-bond acceptors (Lipinski definition) is 2. The second-order valence-corrected chi connectivity index (χ2v) is 2.75. The minimum atomic E-state index is 0.615. The molecule has 1 aromatic carbocycles. The first-order chi connectivity index (χ1) is 6.36. The topological polar surface area (TPSA) is 21.6 Å². The lowest BCUT2D eigenvalue weighted by Gasteiger charge is -1.97. The maximum atomic E-state index is 4.88. The highest BCUT2D eigenvalue weighted by Crippen LogP contribution is 2.03. The molecule has 0 saturated heterocycles. The zero-order valence-corrected chi connectivity index (χ0v) is 8.16. The minimum Gasteiger partial charge on any atom is -0.396 e. The summed E-state index contributed by atoms with van der Waals surface area (Å²) in [5, 5.41) is 3.81. The maximum Gasteiger partial charge on any atom is 0.114 e. The first kappa shape index (κ1) is 9.78. The van der Waals surface area contributed by atoms with Crippen LogP contribution in [0.2, 0.25) is 0 Å². The number of benzene rings is 1. The summed E-state index contributed by atoms with van der Waals surface area (Å²) in [6.45, 7) is 4.67. The zero-order chi connectivity index (χ0) is 9.52. The highest BCUT2D eigenvalue weighted by atomic mass is 16.6. The van der Waals surface area contributed by atoms with Crippen LogP contribution in [0.15, 0.2) is 29.4 Å². The average Bonchev–Trinajstić information content (AvgIpc) is 2.19. The van der Waals surface area contributed by atoms with Gasteiger partial charge >= 0.3 is 0 Å². The number of rotatable bonds is 4. The van der Waals surface area contributed by atoms with E-state index in [1.807, 2.05) is 19.1 Å². The molecule has 1 aromatic rings. The Kier molecular flexibility index (Phi) is 4.03. The fourth-order valence-electron chi connectivity index (χ4n) is 1.07. The second-order valence-electron chi connectivity index (χ2n) is 2.75. The van der Waals surface area contributed by atoms with Gasteiger partial charge in [-0.1, -0.05) is 36.3 Å². The summed E-state index contributed by atoms with van der Waals surface area (Å²) in [5.41, 5.74) is 2.41. The van der Waals surface area contributed by atoms with Crippen LogP contribution in [0.5, 0.6) is 0 Å². The summed E-state index contributed by atoms with van der Waals surface area (Å²) in [6, 6.07) is 8.27. The van der Waals surface area contributed by atoms with E-state index >= 15 is 0 Å². The molecule has 0 spiro atoms. The highest BCUT2D eigenvalue weighted by Gasteiger charge is 1.90. The van der Waals surface area contributed by atoms with Crippen molar-refractivity contribution in [3.05, 3.63) is 35.4 Å². The van der Waals surface area contributed by atoms with Crippen molar-refractivity contribution in [1.82, 2.24) is 0 Å². The van der Waals surface area contributed by atoms with Crippen molar-refractivity contribution >= 4 is 6.21 Å². The Balaban J connectivity index is 2.66.